The number of hydrogen-bond acceptors (Lipinski definition) is 8. The van der Waals surface area contributed by atoms with Gasteiger partial charge < -0.3 is 19.7 Å². The quantitative estimate of drug-likeness (QED) is 0.167. The topological polar surface area (TPSA) is 127 Å². The number of thioether (sulfide) groups is 2. The number of rotatable bonds is 20. The van der Waals surface area contributed by atoms with Crippen LogP contribution in [0.1, 0.15) is 73.1 Å². The second kappa shape index (κ2) is 19.0. The van der Waals surface area contributed by atoms with Gasteiger partial charge in [0.1, 0.15) is 0 Å². The molecule has 0 radical (unpaired) electrons. The van der Waals surface area contributed by atoms with Gasteiger partial charge in [-0.2, -0.15) is 23.5 Å². The zero-order chi connectivity index (χ0) is 26.8. The molecule has 2 N–H and O–H groups in total. The predicted octanol–water partition coefficient (Wildman–Crippen LogP) is 5.25. The summed E-state index contributed by atoms with van der Waals surface area (Å²) in [4.78, 5) is 47.0. The number of carbonyl (C=O) groups is 4. The zero-order valence-corrected chi connectivity index (χ0v) is 22.7. The second-order valence-corrected chi connectivity index (χ2v) is 10.7. The van der Waals surface area contributed by atoms with Crippen molar-refractivity contribution in [1.82, 2.24) is 0 Å². The van der Waals surface area contributed by atoms with Crippen LogP contribution in [0.4, 0.5) is 0 Å². The lowest BCUT2D eigenvalue weighted by Crippen LogP contribution is -2.15. The van der Waals surface area contributed by atoms with Crippen molar-refractivity contribution in [2.45, 2.75) is 52.4 Å². The van der Waals surface area contributed by atoms with Crippen LogP contribution in [0.2, 0.25) is 0 Å². The van der Waals surface area contributed by atoms with Crippen molar-refractivity contribution in [3.05, 3.63) is 35.4 Å². The first-order chi connectivity index (χ1) is 17.3. The highest BCUT2D eigenvalue weighted by molar-refractivity contribution is 7.99. The molecule has 2 atom stereocenters. The maximum atomic E-state index is 12.5. The van der Waals surface area contributed by atoms with E-state index in [9.17, 15) is 19.2 Å². The molecule has 0 aliphatic carbocycles. The summed E-state index contributed by atoms with van der Waals surface area (Å²) in [6, 6.07) is 6.39. The third-order valence-electron chi connectivity index (χ3n) is 5.60. The summed E-state index contributed by atoms with van der Waals surface area (Å²) in [7, 11) is 0. The fourth-order valence-corrected chi connectivity index (χ4v) is 5.26. The monoisotopic (exact) mass is 542 g/mol. The minimum atomic E-state index is -0.763. The van der Waals surface area contributed by atoms with Gasteiger partial charge in [0.25, 0.3) is 0 Å². The van der Waals surface area contributed by atoms with Crippen LogP contribution in [0.3, 0.4) is 0 Å². The summed E-state index contributed by atoms with van der Waals surface area (Å²) in [5.74, 6) is -0.331. The third-order valence-corrected chi connectivity index (χ3v) is 7.81. The van der Waals surface area contributed by atoms with Gasteiger partial charge in [-0.1, -0.05) is 26.0 Å². The van der Waals surface area contributed by atoms with Crippen molar-refractivity contribution in [2.24, 2.45) is 11.8 Å². The minimum Gasteiger partial charge on any atom is -0.481 e. The van der Waals surface area contributed by atoms with E-state index in [0.717, 1.165) is 23.0 Å². The zero-order valence-electron chi connectivity index (χ0n) is 21.1. The maximum absolute atomic E-state index is 12.5. The SMILES string of the molecule is CCC(CCSCCCOC(=O)c1ccccc1C(=O)OCCCSCCC(CC)C(=O)O)C(=O)O. The fraction of sp³-hybridized carbons (Fsp3) is 0.615. The Hall–Kier alpha value is -2.20. The molecule has 1 aromatic rings. The molecule has 0 amide bonds. The Balaban J connectivity index is 2.31. The van der Waals surface area contributed by atoms with E-state index in [0.29, 0.717) is 38.5 Å². The molecule has 0 saturated heterocycles. The van der Waals surface area contributed by atoms with Crippen molar-refractivity contribution < 1.29 is 38.9 Å². The number of esters is 2. The van der Waals surface area contributed by atoms with Crippen molar-refractivity contribution in [2.75, 3.05) is 36.2 Å². The van der Waals surface area contributed by atoms with E-state index in [1.807, 2.05) is 13.8 Å². The van der Waals surface area contributed by atoms with E-state index >= 15 is 0 Å². The normalized spacial score (nSPS) is 12.5. The number of aliphatic carboxylic acids is 2. The summed E-state index contributed by atoms with van der Waals surface area (Å²) < 4.78 is 10.6. The molecule has 0 fully saturated rings. The molecule has 1 rings (SSSR count). The van der Waals surface area contributed by atoms with Gasteiger partial charge in [-0.05, 0) is 73.7 Å². The molecule has 0 bridgehead atoms. The van der Waals surface area contributed by atoms with E-state index in [-0.39, 0.29) is 36.2 Å². The molecule has 202 valence electrons. The summed E-state index contributed by atoms with van der Waals surface area (Å²) in [5.41, 5.74) is 0.326. The molecule has 0 heterocycles. The summed E-state index contributed by atoms with van der Waals surface area (Å²) in [6.07, 6.45) is 3.74. The highest BCUT2D eigenvalue weighted by Gasteiger charge is 2.19. The van der Waals surface area contributed by atoms with Gasteiger partial charge in [-0.3, -0.25) is 9.59 Å². The van der Waals surface area contributed by atoms with Crippen LogP contribution in [-0.4, -0.2) is 70.3 Å². The van der Waals surface area contributed by atoms with Crippen LogP contribution in [0.5, 0.6) is 0 Å². The average molecular weight is 543 g/mol. The molecular weight excluding hydrogens is 504 g/mol. The van der Waals surface area contributed by atoms with Crippen LogP contribution < -0.4 is 0 Å². The van der Waals surface area contributed by atoms with Crippen molar-refractivity contribution in [3.8, 4) is 0 Å². The lowest BCUT2D eigenvalue weighted by atomic mass is 10.0. The van der Waals surface area contributed by atoms with Crippen LogP contribution in [-0.2, 0) is 19.1 Å². The van der Waals surface area contributed by atoms with Gasteiger partial charge in [0.15, 0.2) is 0 Å². The number of hydrogen-bond donors (Lipinski definition) is 2. The lowest BCUT2D eigenvalue weighted by molar-refractivity contribution is -0.142. The van der Waals surface area contributed by atoms with Crippen LogP contribution >= 0.6 is 23.5 Å². The maximum Gasteiger partial charge on any atom is 0.339 e. The van der Waals surface area contributed by atoms with Gasteiger partial charge >= 0.3 is 23.9 Å². The molecule has 36 heavy (non-hydrogen) atoms. The molecule has 2 unspecified atom stereocenters. The fourth-order valence-electron chi connectivity index (χ4n) is 3.31. The molecular formula is C26H38O8S2. The average Bonchev–Trinajstić information content (AvgIpc) is 2.86. The Kier molecular flexibility index (Phi) is 16.8. The van der Waals surface area contributed by atoms with Crippen molar-refractivity contribution >= 4 is 47.4 Å². The van der Waals surface area contributed by atoms with Gasteiger partial charge in [0.2, 0.25) is 0 Å². The Morgan fingerprint density at radius 2 is 1.11 bits per heavy atom. The first kappa shape index (κ1) is 31.8. The number of carbonyl (C=O) groups excluding carboxylic acids is 2. The minimum absolute atomic E-state index is 0.163. The highest BCUT2D eigenvalue weighted by Crippen LogP contribution is 2.17. The molecule has 10 heteroatoms. The molecule has 1 aromatic carbocycles. The molecule has 0 aromatic heterocycles. The van der Waals surface area contributed by atoms with Crippen molar-refractivity contribution in [3.63, 3.8) is 0 Å². The Morgan fingerprint density at radius 1 is 0.722 bits per heavy atom. The summed E-state index contributed by atoms with van der Waals surface area (Å²) in [6.45, 7) is 4.15. The number of carboxylic acids is 2. The van der Waals surface area contributed by atoms with Crippen molar-refractivity contribution in [1.29, 1.82) is 0 Å². The molecule has 0 aliphatic heterocycles. The smallest absolute Gasteiger partial charge is 0.339 e. The Morgan fingerprint density at radius 3 is 1.44 bits per heavy atom. The van der Waals surface area contributed by atoms with Gasteiger partial charge in [-0.25, -0.2) is 9.59 Å². The summed E-state index contributed by atoms with van der Waals surface area (Å²) in [5, 5.41) is 18.1. The standard InChI is InChI=1S/C26H38O8S2/c1-3-19(23(27)28)11-17-35-15-7-13-33-25(31)21-9-5-6-10-22(21)26(32)34-14-8-16-36-18-12-20(4-2)24(29)30/h5-6,9-10,19-20H,3-4,7-8,11-18H2,1-2H3,(H,27,28)(H,29,30). The Bertz CT molecular complexity index is 763. The first-order valence-corrected chi connectivity index (χ1v) is 14.7. The third kappa shape index (κ3) is 12.7. The predicted molar refractivity (Wildman–Crippen MR) is 143 cm³/mol. The molecule has 0 spiro atoms. The van der Waals surface area contributed by atoms with E-state index in [2.05, 4.69) is 0 Å². The Labute approximate surface area is 221 Å². The van der Waals surface area contributed by atoms with Crippen LogP contribution in [0.15, 0.2) is 24.3 Å². The van der Waals surface area contributed by atoms with Gasteiger partial charge in [0.05, 0.1) is 36.2 Å². The van der Waals surface area contributed by atoms with E-state index in [1.54, 1.807) is 35.7 Å². The number of benzene rings is 1. The van der Waals surface area contributed by atoms with E-state index in [1.165, 1.54) is 12.1 Å². The van der Waals surface area contributed by atoms with Crippen LogP contribution in [0, 0.1) is 11.8 Å². The van der Waals surface area contributed by atoms with Gasteiger partial charge in [-0.15, -0.1) is 0 Å². The second-order valence-electron chi connectivity index (χ2n) is 8.21. The first-order valence-electron chi connectivity index (χ1n) is 12.4. The van der Waals surface area contributed by atoms with Gasteiger partial charge in [0, 0.05) is 0 Å². The number of carboxylic acid groups (broad SMARTS) is 2. The number of ether oxygens (including phenoxy) is 2. The summed E-state index contributed by atoms with van der Waals surface area (Å²) >= 11 is 3.27. The lowest BCUT2D eigenvalue weighted by Gasteiger charge is -2.11. The molecule has 0 saturated carbocycles. The van der Waals surface area contributed by atoms with E-state index in [4.69, 9.17) is 19.7 Å². The van der Waals surface area contributed by atoms with Crippen LogP contribution in [0.25, 0.3) is 0 Å². The molecule has 0 aliphatic rings. The highest BCUT2D eigenvalue weighted by atomic mass is 32.2. The largest absolute Gasteiger partial charge is 0.481 e. The molecule has 8 nitrogen and oxygen atoms in total. The van der Waals surface area contributed by atoms with E-state index < -0.39 is 23.9 Å².